The number of carbonyl (C=O) groups excluding carboxylic acids is 1. The first-order valence-electron chi connectivity index (χ1n) is 8.69. The van der Waals surface area contributed by atoms with E-state index in [-0.39, 0.29) is 11.9 Å². The second kappa shape index (κ2) is 8.35. The third-order valence-electron chi connectivity index (χ3n) is 4.15. The molecule has 1 amide bonds. The van der Waals surface area contributed by atoms with Crippen LogP contribution in [0, 0.1) is 0 Å². The minimum Gasteiger partial charge on any atom is -0.493 e. The van der Waals surface area contributed by atoms with Gasteiger partial charge in [-0.1, -0.05) is 12.1 Å². The van der Waals surface area contributed by atoms with E-state index >= 15 is 0 Å². The molecule has 7 heteroatoms. The van der Waals surface area contributed by atoms with Crippen molar-refractivity contribution in [2.75, 3.05) is 13.7 Å². The number of amides is 1. The fourth-order valence-electron chi connectivity index (χ4n) is 2.71. The van der Waals surface area contributed by atoms with Crippen molar-refractivity contribution in [2.24, 2.45) is 0 Å². The third kappa shape index (κ3) is 4.25. The highest BCUT2D eigenvalue weighted by molar-refractivity contribution is 5.95. The smallest absolute Gasteiger partial charge is 0.251 e. The molecule has 0 aliphatic heterocycles. The van der Waals surface area contributed by atoms with E-state index < -0.39 is 0 Å². The van der Waals surface area contributed by atoms with Crippen molar-refractivity contribution in [3.05, 3.63) is 66.2 Å². The summed E-state index contributed by atoms with van der Waals surface area (Å²) in [6.07, 6.45) is 3.13. The normalized spacial score (nSPS) is 11.7. The molecule has 1 N–H and O–H groups in total. The standard InChI is InChI=1S/C20H22N4O3/c1-4-27-19-11-16(7-10-18(19)26-3)20(25)23-14(2)15-5-8-17(9-6-15)24-13-21-12-22-24/h5-14H,4H2,1-3H3,(H,23,25). The number of hydrogen-bond donors (Lipinski definition) is 1. The van der Waals surface area contributed by atoms with Crippen LogP contribution in [0.1, 0.15) is 35.8 Å². The van der Waals surface area contributed by atoms with Crippen LogP contribution in [0.3, 0.4) is 0 Å². The van der Waals surface area contributed by atoms with Crippen LogP contribution in [0.4, 0.5) is 0 Å². The van der Waals surface area contributed by atoms with Crippen LogP contribution < -0.4 is 14.8 Å². The molecule has 2 aromatic carbocycles. The predicted octanol–water partition coefficient (Wildman–Crippen LogP) is 3.17. The van der Waals surface area contributed by atoms with E-state index in [4.69, 9.17) is 9.47 Å². The molecule has 3 aromatic rings. The first-order chi connectivity index (χ1) is 13.1. The Morgan fingerprint density at radius 3 is 2.59 bits per heavy atom. The van der Waals surface area contributed by atoms with E-state index in [2.05, 4.69) is 15.4 Å². The van der Waals surface area contributed by atoms with Crippen LogP contribution >= 0.6 is 0 Å². The quantitative estimate of drug-likeness (QED) is 0.695. The van der Waals surface area contributed by atoms with Crippen molar-refractivity contribution in [2.45, 2.75) is 19.9 Å². The molecule has 0 radical (unpaired) electrons. The van der Waals surface area contributed by atoms with Gasteiger partial charge in [0.05, 0.1) is 25.4 Å². The van der Waals surface area contributed by atoms with Gasteiger partial charge in [0.25, 0.3) is 5.91 Å². The average Bonchev–Trinajstić information content (AvgIpc) is 3.23. The number of rotatable bonds is 7. The van der Waals surface area contributed by atoms with Gasteiger partial charge in [-0.2, -0.15) is 5.10 Å². The molecule has 0 aliphatic carbocycles. The van der Waals surface area contributed by atoms with Gasteiger partial charge in [0.1, 0.15) is 12.7 Å². The summed E-state index contributed by atoms with van der Waals surface area (Å²) in [6.45, 7) is 4.32. The predicted molar refractivity (Wildman–Crippen MR) is 101 cm³/mol. The van der Waals surface area contributed by atoms with Crippen molar-refractivity contribution >= 4 is 5.91 Å². The molecule has 140 valence electrons. The largest absolute Gasteiger partial charge is 0.493 e. The molecule has 1 aromatic heterocycles. The van der Waals surface area contributed by atoms with Crippen LogP contribution in [0.5, 0.6) is 11.5 Å². The summed E-state index contributed by atoms with van der Waals surface area (Å²) in [5.41, 5.74) is 2.42. The fraction of sp³-hybridized carbons (Fsp3) is 0.250. The molecule has 0 saturated heterocycles. The maximum atomic E-state index is 12.6. The van der Waals surface area contributed by atoms with Crippen molar-refractivity contribution in [3.8, 4) is 17.2 Å². The maximum Gasteiger partial charge on any atom is 0.251 e. The van der Waals surface area contributed by atoms with Crippen molar-refractivity contribution in [3.63, 3.8) is 0 Å². The number of nitrogens with one attached hydrogen (secondary N) is 1. The zero-order valence-electron chi connectivity index (χ0n) is 15.5. The number of ether oxygens (including phenoxy) is 2. The number of carbonyl (C=O) groups is 1. The molecule has 0 saturated carbocycles. The summed E-state index contributed by atoms with van der Waals surface area (Å²) in [5, 5.41) is 7.10. The SMILES string of the molecule is CCOc1cc(C(=O)NC(C)c2ccc(-n3cncn3)cc2)ccc1OC. The molecule has 27 heavy (non-hydrogen) atoms. The lowest BCUT2D eigenvalue weighted by molar-refractivity contribution is 0.0939. The van der Waals surface area contributed by atoms with Crippen LogP contribution in [0.25, 0.3) is 5.69 Å². The molecular formula is C20H22N4O3. The molecule has 1 atom stereocenters. The Morgan fingerprint density at radius 1 is 1.19 bits per heavy atom. The van der Waals surface area contributed by atoms with Gasteiger partial charge < -0.3 is 14.8 Å². The summed E-state index contributed by atoms with van der Waals surface area (Å²) in [7, 11) is 1.57. The van der Waals surface area contributed by atoms with Crippen LogP contribution in [-0.4, -0.2) is 34.4 Å². The Bertz CT molecular complexity index is 892. The molecule has 0 fully saturated rings. The highest BCUT2D eigenvalue weighted by Gasteiger charge is 2.14. The van der Waals surface area contributed by atoms with E-state index in [0.717, 1.165) is 11.3 Å². The average molecular weight is 366 g/mol. The highest BCUT2D eigenvalue weighted by Crippen LogP contribution is 2.28. The second-order valence-corrected chi connectivity index (χ2v) is 5.93. The summed E-state index contributed by atoms with van der Waals surface area (Å²) in [4.78, 5) is 16.5. The molecule has 1 unspecified atom stereocenters. The summed E-state index contributed by atoms with van der Waals surface area (Å²) >= 11 is 0. The van der Waals surface area contributed by atoms with Crippen molar-refractivity contribution < 1.29 is 14.3 Å². The van der Waals surface area contributed by atoms with Gasteiger partial charge in [-0.25, -0.2) is 9.67 Å². The first kappa shape index (κ1) is 18.4. The Kier molecular flexibility index (Phi) is 5.71. The molecule has 0 spiro atoms. The van der Waals surface area contributed by atoms with E-state index in [0.29, 0.717) is 23.7 Å². The Hall–Kier alpha value is -3.35. The molecular weight excluding hydrogens is 344 g/mol. The van der Waals surface area contributed by atoms with Crippen LogP contribution in [0.2, 0.25) is 0 Å². The van der Waals surface area contributed by atoms with Gasteiger partial charge in [-0.3, -0.25) is 4.79 Å². The monoisotopic (exact) mass is 366 g/mol. The minimum atomic E-state index is -0.175. The summed E-state index contributed by atoms with van der Waals surface area (Å²) in [6, 6.07) is 12.8. The van der Waals surface area contributed by atoms with Gasteiger partial charge in [-0.05, 0) is 49.7 Å². The molecule has 1 heterocycles. The van der Waals surface area contributed by atoms with Gasteiger partial charge >= 0.3 is 0 Å². The Morgan fingerprint density at radius 2 is 1.96 bits per heavy atom. The maximum absolute atomic E-state index is 12.6. The van der Waals surface area contributed by atoms with Crippen LogP contribution in [-0.2, 0) is 0 Å². The van der Waals surface area contributed by atoms with E-state index in [1.807, 2.05) is 38.1 Å². The lowest BCUT2D eigenvalue weighted by Crippen LogP contribution is -2.26. The molecule has 0 bridgehead atoms. The number of methoxy groups -OCH3 is 1. The van der Waals surface area contributed by atoms with Gasteiger partial charge in [0, 0.05) is 5.56 Å². The van der Waals surface area contributed by atoms with E-state index in [9.17, 15) is 4.79 Å². The fourth-order valence-corrected chi connectivity index (χ4v) is 2.71. The van der Waals surface area contributed by atoms with Gasteiger partial charge in [0.2, 0.25) is 0 Å². The topological polar surface area (TPSA) is 78.3 Å². The van der Waals surface area contributed by atoms with Gasteiger partial charge in [0.15, 0.2) is 11.5 Å². The number of hydrogen-bond acceptors (Lipinski definition) is 5. The van der Waals surface area contributed by atoms with Crippen LogP contribution in [0.15, 0.2) is 55.1 Å². The van der Waals surface area contributed by atoms with Crippen molar-refractivity contribution in [1.82, 2.24) is 20.1 Å². The Balaban J connectivity index is 1.71. The molecule has 7 nitrogen and oxygen atoms in total. The highest BCUT2D eigenvalue weighted by atomic mass is 16.5. The minimum absolute atomic E-state index is 0.153. The molecule has 3 rings (SSSR count). The lowest BCUT2D eigenvalue weighted by atomic mass is 10.1. The summed E-state index contributed by atoms with van der Waals surface area (Å²) < 4.78 is 12.5. The van der Waals surface area contributed by atoms with E-state index in [1.165, 1.54) is 6.33 Å². The third-order valence-corrected chi connectivity index (χ3v) is 4.15. The first-order valence-corrected chi connectivity index (χ1v) is 8.69. The lowest BCUT2D eigenvalue weighted by Gasteiger charge is -2.16. The zero-order valence-corrected chi connectivity index (χ0v) is 15.5. The number of benzene rings is 2. The number of aromatic nitrogens is 3. The second-order valence-electron chi connectivity index (χ2n) is 5.93. The van der Waals surface area contributed by atoms with E-state index in [1.54, 1.807) is 36.3 Å². The van der Waals surface area contributed by atoms with Crippen molar-refractivity contribution in [1.29, 1.82) is 0 Å². The summed E-state index contributed by atoms with van der Waals surface area (Å²) in [5.74, 6) is 0.981. The van der Waals surface area contributed by atoms with Gasteiger partial charge in [-0.15, -0.1) is 0 Å². The molecule has 0 aliphatic rings. The number of nitrogens with zero attached hydrogens (tertiary/aromatic N) is 3. The Labute approximate surface area is 158 Å². The zero-order chi connectivity index (χ0) is 19.2.